The molecular weight excluding hydrogens is 254 g/mol. The molecule has 6 heteroatoms. The fourth-order valence-electron chi connectivity index (χ4n) is 2.54. The van der Waals surface area contributed by atoms with Crippen molar-refractivity contribution in [1.29, 1.82) is 0 Å². The number of hydrazine groups is 1. The van der Waals surface area contributed by atoms with Crippen molar-refractivity contribution in [3.63, 3.8) is 0 Å². The fourth-order valence-corrected chi connectivity index (χ4v) is 2.54. The quantitative estimate of drug-likeness (QED) is 0.565. The molecule has 2 rings (SSSR count). The molecule has 112 valence electrons. The van der Waals surface area contributed by atoms with Gasteiger partial charge >= 0.3 is 0 Å². The van der Waals surface area contributed by atoms with Gasteiger partial charge in [0.25, 0.3) is 0 Å². The predicted molar refractivity (Wildman–Crippen MR) is 80.5 cm³/mol. The van der Waals surface area contributed by atoms with Crippen molar-refractivity contribution in [1.82, 2.24) is 9.97 Å². The summed E-state index contributed by atoms with van der Waals surface area (Å²) in [5.74, 6) is 7.77. The third kappa shape index (κ3) is 4.05. The molecule has 2 heterocycles. The van der Waals surface area contributed by atoms with Crippen molar-refractivity contribution < 1.29 is 4.74 Å². The van der Waals surface area contributed by atoms with E-state index in [1.165, 1.54) is 0 Å². The number of nitrogens with two attached hydrogens (primary N) is 1. The molecule has 1 atom stereocenters. The standard InChI is InChI=1S/C14H25N5O/c1-4-5-11-17-12(8-13(18-11)19-15)16-10-6-7-20-14(2,3)9-10/h8,10H,4-7,9,15H2,1-3H3,(H2,16,17,18,19). The molecule has 1 aliphatic heterocycles. The molecule has 4 N–H and O–H groups in total. The van der Waals surface area contributed by atoms with Crippen LogP contribution >= 0.6 is 0 Å². The first kappa shape index (κ1) is 15.0. The average molecular weight is 279 g/mol. The van der Waals surface area contributed by atoms with Crippen LogP contribution in [0.5, 0.6) is 0 Å². The van der Waals surface area contributed by atoms with Crippen molar-refractivity contribution in [2.45, 2.75) is 58.1 Å². The van der Waals surface area contributed by atoms with Gasteiger partial charge in [0.05, 0.1) is 5.60 Å². The average Bonchev–Trinajstić information content (AvgIpc) is 2.37. The number of hydrogen-bond donors (Lipinski definition) is 3. The third-order valence-electron chi connectivity index (χ3n) is 3.44. The van der Waals surface area contributed by atoms with Crippen LogP contribution in [0, 0.1) is 0 Å². The van der Waals surface area contributed by atoms with E-state index in [4.69, 9.17) is 10.6 Å². The Morgan fingerprint density at radius 3 is 2.80 bits per heavy atom. The van der Waals surface area contributed by atoms with Gasteiger partial charge in [-0.2, -0.15) is 0 Å². The largest absolute Gasteiger partial charge is 0.375 e. The molecule has 1 aromatic heterocycles. The van der Waals surface area contributed by atoms with Crippen LogP contribution in [0.15, 0.2) is 6.07 Å². The maximum absolute atomic E-state index is 5.74. The Balaban J connectivity index is 2.09. The van der Waals surface area contributed by atoms with Crippen molar-refractivity contribution in [2.24, 2.45) is 5.84 Å². The maximum atomic E-state index is 5.74. The van der Waals surface area contributed by atoms with Gasteiger partial charge in [-0.1, -0.05) is 6.92 Å². The van der Waals surface area contributed by atoms with E-state index in [1.807, 2.05) is 6.07 Å². The Kier molecular flexibility index (Phi) is 4.77. The molecule has 0 aromatic carbocycles. The molecule has 1 aromatic rings. The predicted octanol–water partition coefficient (Wildman–Crippen LogP) is 2.08. The lowest BCUT2D eigenvalue weighted by atomic mass is 9.94. The van der Waals surface area contributed by atoms with E-state index < -0.39 is 0 Å². The van der Waals surface area contributed by atoms with Crippen LogP contribution in [0.4, 0.5) is 11.6 Å². The number of anilines is 2. The van der Waals surface area contributed by atoms with Crippen molar-refractivity contribution in [3.05, 3.63) is 11.9 Å². The van der Waals surface area contributed by atoms with Crippen LogP contribution in [-0.4, -0.2) is 28.2 Å². The normalized spacial score (nSPS) is 21.5. The van der Waals surface area contributed by atoms with Gasteiger partial charge in [0.2, 0.25) is 0 Å². The van der Waals surface area contributed by atoms with Crippen LogP contribution in [0.1, 0.15) is 45.9 Å². The molecule has 6 nitrogen and oxygen atoms in total. The Bertz CT molecular complexity index is 449. The minimum Gasteiger partial charge on any atom is -0.375 e. The van der Waals surface area contributed by atoms with E-state index in [0.29, 0.717) is 11.9 Å². The molecule has 20 heavy (non-hydrogen) atoms. The number of ether oxygens (including phenoxy) is 1. The number of hydrogen-bond acceptors (Lipinski definition) is 6. The van der Waals surface area contributed by atoms with E-state index >= 15 is 0 Å². The van der Waals surface area contributed by atoms with Gasteiger partial charge in [-0.15, -0.1) is 0 Å². The van der Waals surface area contributed by atoms with Gasteiger partial charge in [-0.25, -0.2) is 15.8 Å². The number of aromatic nitrogens is 2. The smallest absolute Gasteiger partial charge is 0.145 e. The lowest BCUT2D eigenvalue weighted by molar-refractivity contribution is -0.0553. The van der Waals surface area contributed by atoms with E-state index in [2.05, 4.69) is 41.5 Å². The Labute approximate surface area is 120 Å². The lowest BCUT2D eigenvalue weighted by Crippen LogP contribution is -2.40. The van der Waals surface area contributed by atoms with Crippen molar-refractivity contribution >= 4 is 11.6 Å². The summed E-state index contributed by atoms with van der Waals surface area (Å²) in [7, 11) is 0. The summed E-state index contributed by atoms with van der Waals surface area (Å²) in [6.07, 6.45) is 3.81. The second kappa shape index (κ2) is 6.37. The Morgan fingerprint density at radius 2 is 2.15 bits per heavy atom. The molecule has 1 unspecified atom stereocenters. The molecular formula is C14H25N5O. The molecule has 0 radical (unpaired) electrons. The number of nitrogens with zero attached hydrogens (tertiary/aromatic N) is 2. The van der Waals surface area contributed by atoms with Crippen LogP contribution < -0.4 is 16.6 Å². The molecule has 1 fully saturated rings. The number of nitrogen functional groups attached to an aromatic ring is 1. The molecule has 0 aliphatic carbocycles. The van der Waals surface area contributed by atoms with Crippen molar-refractivity contribution in [2.75, 3.05) is 17.3 Å². The SMILES string of the molecule is CCCc1nc(NN)cc(NC2CCOC(C)(C)C2)n1. The highest BCUT2D eigenvalue weighted by Gasteiger charge is 2.29. The van der Waals surface area contributed by atoms with Gasteiger partial charge in [0, 0.05) is 25.1 Å². The van der Waals surface area contributed by atoms with Crippen LogP contribution in [0.3, 0.4) is 0 Å². The Morgan fingerprint density at radius 1 is 1.40 bits per heavy atom. The highest BCUT2D eigenvalue weighted by molar-refractivity contribution is 5.47. The lowest BCUT2D eigenvalue weighted by Gasteiger charge is -2.36. The fraction of sp³-hybridized carbons (Fsp3) is 0.714. The first-order valence-corrected chi connectivity index (χ1v) is 7.27. The molecule has 0 spiro atoms. The van der Waals surface area contributed by atoms with Gasteiger partial charge < -0.3 is 15.5 Å². The zero-order valence-corrected chi connectivity index (χ0v) is 12.6. The third-order valence-corrected chi connectivity index (χ3v) is 3.44. The highest BCUT2D eigenvalue weighted by atomic mass is 16.5. The second-order valence-corrected chi connectivity index (χ2v) is 5.89. The summed E-state index contributed by atoms with van der Waals surface area (Å²) in [6.45, 7) is 7.13. The summed E-state index contributed by atoms with van der Waals surface area (Å²) in [5.41, 5.74) is 2.52. The highest BCUT2D eigenvalue weighted by Crippen LogP contribution is 2.26. The Hall–Kier alpha value is -1.40. The summed E-state index contributed by atoms with van der Waals surface area (Å²) < 4.78 is 5.74. The summed E-state index contributed by atoms with van der Waals surface area (Å²) in [5, 5.41) is 3.48. The molecule has 1 saturated heterocycles. The van der Waals surface area contributed by atoms with E-state index in [0.717, 1.165) is 43.9 Å². The second-order valence-electron chi connectivity index (χ2n) is 5.89. The molecule has 0 amide bonds. The number of rotatable bonds is 5. The van der Waals surface area contributed by atoms with Crippen LogP contribution in [-0.2, 0) is 11.2 Å². The minimum atomic E-state index is -0.0792. The van der Waals surface area contributed by atoms with Gasteiger partial charge in [-0.05, 0) is 33.1 Å². The van der Waals surface area contributed by atoms with Crippen LogP contribution in [0.2, 0.25) is 0 Å². The minimum absolute atomic E-state index is 0.0792. The summed E-state index contributed by atoms with van der Waals surface area (Å²) in [4.78, 5) is 8.91. The first-order valence-electron chi connectivity index (χ1n) is 7.27. The molecule has 0 saturated carbocycles. The van der Waals surface area contributed by atoms with E-state index in [-0.39, 0.29) is 5.60 Å². The number of nitrogens with one attached hydrogen (secondary N) is 2. The zero-order chi connectivity index (χ0) is 14.6. The zero-order valence-electron chi connectivity index (χ0n) is 12.6. The summed E-state index contributed by atoms with van der Waals surface area (Å²) >= 11 is 0. The van der Waals surface area contributed by atoms with Crippen LogP contribution in [0.25, 0.3) is 0 Å². The topological polar surface area (TPSA) is 85.1 Å². The molecule has 1 aliphatic rings. The summed E-state index contributed by atoms with van der Waals surface area (Å²) in [6, 6.07) is 2.22. The molecule has 0 bridgehead atoms. The maximum Gasteiger partial charge on any atom is 0.145 e. The van der Waals surface area contributed by atoms with Crippen molar-refractivity contribution in [3.8, 4) is 0 Å². The van der Waals surface area contributed by atoms with Gasteiger partial charge in [0.1, 0.15) is 17.5 Å². The van der Waals surface area contributed by atoms with Gasteiger partial charge in [-0.3, -0.25) is 0 Å². The van der Waals surface area contributed by atoms with E-state index in [1.54, 1.807) is 0 Å². The first-order chi connectivity index (χ1) is 9.52. The van der Waals surface area contributed by atoms with Gasteiger partial charge in [0.15, 0.2) is 0 Å². The number of aryl methyl sites for hydroxylation is 1. The van der Waals surface area contributed by atoms with E-state index in [9.17, 15) is 0 Å². The monoisotopic (exact) mass is 279 g/mol.